The van der Waals surface area contributed by atoms with Crippen molar-refractivity contribution in [2.45, 2.75) is 62.1 Å². The van der Waals surface area contributed by atoms with E-state index in [1.54, 1.807) is 18.2 Å². The standard InChI is InChI=1S/C21H27Cl2N5O2S/c1-14(19(29)24-17-11-15(22)10-16(23)12-17)31-21-26-25-20(27-7-3-2-4-8-27)28(21)13-18-6-5-9-30-18/h10-12,14,18H,2-9,13H2,1H3,(H,24,29)/t14-,18+/m0/s1. The summed E-state index contributed by atoms with van der Waals surface area (Å²) in [6.07, 6.45) is 5.86. The molecule has 0 unspecified atom stereocenters. The zero-order valence-electron chi connectivity index (χ0n) is 17.5. The Hall–Kier alpha value is -1.48. The molecule has 10 heteroatoms. The molecule has 2 aliphatic heterocycles. The highest BCUT2D eigenvalue weighted by Gasteiger charge is 2.27. The lowest BCUT2D eigenvalue weighted by molar-refractivity contribution is -0.115. The molecule has 0 bridgehead atoms. The molecule has 3 heterocycles. The zero-order chi connectivity index (χ0) is 21.8. The van der Waals surface area contributed by atoms with Gasteiger partial charge in [-0.15, -0.1) is 10.2 Å². The molecular formula is C21H27Cl2N5O2S. The number of anilines is 2. The van der Waals surface area contributed by atoms with Gasteiger partial charge in [-0.3, -0.25) is 9.36 Å². The summed E-state index contributed by atoms with van der Waals surface area (Å²) >= 11 is 13.5. The van der Waals surface area contributed by atoms with Gasteiger partial charge >= 0.3 is 0 Å². The van der Waals surface area contributed by atoms with Gasteiger partial charge in [0.15, 0.2) is 5.16 Å². The number of rotatable bonds is 7. The average molecular weight is 484 g/mol. The van der Waals surface area contributed by atoms with E-state index in [2.05, 4.69) is 25.0 Å². The van der Waals surface area contributed by atoms with Crippen LogP contribution in [-0.4, -0.2) is 51.7 Å². The Balaban J connectivity index is 1.49. The number of nitrogens with zero attached hydrogens (tertiary/aromatic N) is 4. The molecule has 1 amide bonds. The number of nitrogens with one attached hydrogen (secondary N) is 1. The second-order valence-corrected chi connectivity index (χ2v) is 10.2. The van der Waals surface area contributed by atoms with Gasteiger partial charge in [0.1, 0.15) is 0 Å². The summed E-state index contributed by atoms with van der Waals surface area (Å²) in [5, 5.41) is 13.1. The van der Waals surface area contributed by atoms with Crippen LogP contribution in [0.25, 0.3) is 0 Å². The maximum Gasteiger partial charge on any atom is 0.237 e. The fraction of sp³-hybridized carbons (Fsp3) is 0.571. The Morgan fingerprint density at radius 2 is 1.94 bits per heavy atom. The average Bonchev–Trinajstić information content (AvgIpc) is 3.39. The van der Waals surface area contributed by atoms with Crippen LogP contribution in [0.5, 0.6) is 0 Å². The van der Waals surface area contributed by atoms with Gasteiger partial charge in [-0.2, -0.15) is 0 Å². The highest BCUT2D eigenvalue weighted by atomic mass is 35.5. The third kappa shape index (κ3) is 5.86. The highest BCUT2D eigenvalue weighted by Crippen LogP contribution is 2.30. The van der Waals surface area contributed by atoms with Gasteiger partial charge in [0.05, 0.1) is 17.9 Å². The monoisotopic (exact) mass is 483 g/mol. The van der Waals surface area contributed by atoms with Crippen LogP contribution >= 0.6 is 35.0 Å². The normalized spacial score (nSPS) is 20.1. The van der Waals surface area contributed by atoms with Gasteiger partial charge < -0.3 is 15.0 Å². The van der Waals surface area contributed by atoms with Crippen LogP contribution in [0.4, 0.5) is 11.6 Å². The summed E-state index contributed by atoms with van der Waals surface area (Å²) in [5.41, 5.74) is 0.574. The lowest BCUT2D eigenvalue weighted by Crippen LogP contribution is -2.33. The van der Waals surface area contributed by atoms with Crippen molar-refractivity contribution in [3.8, 4) is 0 Å². The topological polar surface area (TPSA) is 72.3 Å². The molecule has 1 N–H and O–H groups in total. The van der Waals surface area contributed by atoms with E-state index in [-0.39, 0.29) is 17.3 Å². The van der Waals surface area contributed by atoms with Crippen molar-refractivity contribution in [3.63, 3.8) is 0 Å². The minimum atomic E-state index is -0.376. The number of hydrogen-bond donors (Lipinski definition) is 1. The number of halogens is 2. The van der Waals surface area contributed by atoms with Crippen LogP contribution in [0.2, 0.25) is 10.0 Å². The molecule has 0 aliphatic carbocycles. The first-order valence-electron chi connectivity index (χ1n) is 10.7. The Labute approximate surface area is 196 Å². The number of ether oxygens (including phenoxy) is 1. The number of carbonyl (C=O) groups excluding carboxylic acids is 1. The van der Waals surface area contributed by atoms with Crippen molar-refractivity contribution in [1.29, 1.82) is 0 Å². The fourth-order valence-corrected chi connectivity index (χ4v) is 5.31. The van der Waals surface area contributed by atoms with Gasteiger partial charge in [0.25, 0.3) is 0 Å². The predicted molar refractivity (Wildman–Crippen MR) is 125 cm³/mol. The van der Waals surface area contributed by atoms with Crippen molar-refractivity contribution in [2.75, 3.05) is 29.9 Å². The van der Waals surface area contributed by atoms with E-state index in [9.17, 15) is 4.79 Å². The third-order valence-corrected chi connectivity index (χ3v) is 7.04. The van der Waals surface area contributed by atoms with Crippen molar-refractivity contribution in [1.82, 2.24) is 14.8 Å². The molecule has 2 aliphatic rings. The first-order chi connectivity index (χ1) is 15.0. The number of carbonyl (C=O) groups is 1. The molecule has 168 valence electrons. The van der Waals surface area contributed by atoms with Crippen molar-refractivity contribution in [2.24, 2.45) is 0 Å². The molecular weight excluding hydrogens is 457 g/mol. The van der Waals surface area contributed by atoms with E-state index in [1.807, 2.05) is 6.92 Å². The highest BCUT2D eigenvalue weighted by molar-refractivity contribution is 8.00. The van der Waals surface area contributed by atoms with Crippen LogP contribution < -0.4 is 10.2 Å². The third-order valence-electron chi connectivity index (χ3n) is 5.53. The molecule has 0 saturated carbocycles. The van der Waals surface area contributed by atoms with Crippen LogP contribution in [0.3, 0.4) is 0 Å². The minimum Gasteiger partial charge on any atom is -0.376 e. The number of hydrogen-bond acceptors (Lipinski definition) is 6. The second-order valence-electron chi connectivity index (χ2n) is 7.98. The molecule has 0 spiro atoms. The predicted octanol–water partition coefficient (Wildman–Crippen LogP) is 4.87. The lowest BCUT2D eigenvalue weighted by Gasteiger charge is -2.28. The summed E-state index contributed by atoms with van der Waals surface area (Å²) in [5.74, 6) is 0.737. The van der Waals surface area contributed by atoms with Gasteiger partial charge in [0, 0.05) is 35.4 Å². The molecule has 2 atom stereocenters. The Kier molecular flexibility index (Phi) is 7.63. The lowest BCUT2D eigenvalue weighted by atomic mass is 10.1. The Bertz CT molecular complexity index is 893. The summed E-state index contributed by atoms with van der Waals surface area (Å²) in [7, 11) is 0. The second kappa shape index (κ2) is 10.4. The molecule has 2 aromatic rings. The van der Waals surface area contributed by atoms with Crippen LogP contribution in [-0.2, 0) is 16.1 Å². The van der Waals surface area contributed by atoms with E-state index in [0.29, 0.717) is 22.3 Å². The zero-order valence-corrected chi connectivity index (χ0v) is 19.8. The number of piperidine rings is 1. The summed E-state index contributed by atoms with van der Waals surface area (Å²) in [6, 6.07) is 4.99. The first kappa shape index (κ1) is 22.7. The van der Waals surface area contributed by atoms with Crippen LogP contribution in [0, 0.1) is 0 Å². The minimum absolute atomic E-state index is 0.144. The first-order valence-corrected chi connectivity index (χ1v) is 12.4. The van der Waals surface area contributed by atoms with E-state index in [4.69, 9.17) is 27.9 Å². The van der Waals surface area contributed by atoms with Crippen LogP contribution in [0.1, 0.15) is 39.0 Å². The van der Waals surface area contributed by atoms with Gasteiger partial charge in [-0.1, -0.05) is 35.0 Å². The Morgan fingerprint density at radius 1 is 1.19 bits per heavy atom. The Morgan fingerprint density at radius 3 is 2.61 bits per heavy atom. The van der Waals surface area contributed by atoms with Gasteiger partial charge in [-0.05, 0) is 57.2 Å². The number of amides is 1. The smallest absolute Gasteiger partial charge is 0.237 e. The van der Waals surface area contributed by atoms with Crippen molar-refractivity contribution in [3.05, 3.63) is 28.2 Å². The largest absolute Gasteiger partial charge is 0.376 e. The van der Waals surface area contributed by atoms with Gasteiger partial charge in [0.2, 0.25) is 11.9 Å². The number of aromatic nitrogens is 3. The molecule has 31 heavy (non-hydrogen) atoms. The molecule has 4 rings (SSSR count). The van der Waals surface area contributed by atoms with Crippen molar-refractivity contribution < 1.29 is 9.53 Å². The molecule has 7 nitrogen and oxygen atoms in total. The molecule has 1 aromatic heterocycles. The summed E-state index contributed by atoms with van der Waals surface area (Å²) in [4.78, 5) is 15.1. The van der Waals surface area contributed by atoms with Crippen LogP contribution in [0.15, 0.2) is 23.4 Å². The molecule has 2 fully saturated rings. The molecule has 0 radical (unpaired) electrons. The summed E-state index contributed by atoms with van der Waals surface area (Å²) < 4.78 is 8.00. The van der Waals surface area contributed by atoms with Gasteiger partial charge in [-0.25, -0.2) is 0 Å². The van der Waals surface area contributed by atoms with E-state index < -0.39 is 0 Å². The maximum atomic E-state index is 12.8. The van der Waals surface area contributed by atoms with Crippen molar-refractivity contribution >= 4 is 52.5 Å². The van der Waals surface area contributed by atoms with E-state index >= 15 is 0 Å². The summed E-state index contributed by atoms with van der Waals surface area (Å²) in [6.45, 7) is 5.34. The number of thioether (sulfide) groups is 1. The molecule has 2 saturated heterocycles. The van der Waals surface area contributed by atoms with E-state index in [1.165, 1.54) is 18.2 Å². The maximum absolute atomic E-state index is 12.8. The molecule has 1 aromatic carbocycles. The van der Waals surface area contributed by atoms with E-state index in [0.717, 1.165) is 56.5 Å². The SMILES string of the molecule is C[C@H](Sc1nnc(N2CCCCC2)n1C[C@H]1CCCO1)C(=O)Nc1cc(Cl)cc(Cl)c1. The fourth-order valence-electron chi connectivity index (χ4n) is 3.93. The number of benzene rings is 1. The quantitative estimate of drug-likeness (QED) is 0.566.